The summed E-state index contributed by atoms with van der Waals surface area (Å²) in [6, 6.07) is 7.24. The van der Waals surface area contributed by atoms with Crippen LogP contribution in [-0.2, 0) is 9.53 Å². The molecule has 28 heavy (non-hydrogen) atoms. The minimum absolute atomic E-state index is 0.00629. The van der Waals surface area contributed by atoms with Crippen molar-refractivity contribution in [3.63, 3.8) is 0 Å². The van der Waals surface area contributed by atoms with Crippen LogP contribution in [-0.4, -0.2) is 35.8 Å². The average molecular weight is 399 g/mol. The van der Waals surface area contributed by atoms with E-state index in [0.29, 0.717) is 24.9 Å². The number of nitrogens with zero attached hydrogens (tertiary/aromatic N) is 1. The summed E-state index contributed by atoms with van der Waals surface area (Å²) in [4.78, 5) is 35.9. The molecule has 1 aromatic carbocycles. The van der Waals surface area contributed by atoms with E-state index in [9.17, 15) is 14.4 Å². The van der Waals surface area contributed by atoms with Crippen LogP contribution in [0.3, 0.4) is 0 Å². The summed E-state index contributed by atoms with van der Waals surface area (Å²) in [5.74, 6) is -0.271. The molecule has 1 unspecified atom stereocenters. The number of allylic oxidation sites excluding steroid dienone is 6. The summed E-state index contributed by atoms with van der Waals surface area (Å²) in [6.07, 6.45) is 11.3. The molecule has 1 saturated heterocycles. The number of cyclic esters (lactones) is 1. The number of hydrogen-bond acceptors (Lipinski definition) is 4. The Hall–Kier alpha value is -2.78. The van der Waals surface area contributed by atoms with E-state index in [0.717, 1.165) is 10.2 Å². The van der Waals surface area contributed by atoms with E-state index < -0.39 is 6.09 Å². The summed E-state index contributed by atoms with van der Waals surface area (Å²) in [5, 5.41) is 1.02. The van der Waals surface area contributed by atoms with Gasteiger partial charge in [0.1, 0.15) is 6.61 Å². The number of ketones is 1. The molecule has 2 amide bonds. The Bertz CT molecular complexity index is 734. The van der Waals surface area contributed by atoms with Crippen molar-refractivity contribution in [2.45, 2.75) is 19.3 Å². The molecule has 0 aliphatic carbocycles. The van der Waals surface area contributed by atoms with Gasteiger partial charge in [-0.05, 0) is 11.7 Å². The molecule has 0 aromatic heterocycles. The predicted octanol–water partition coefficient (Wildman–Crippen LogP) is 3.99. The summed E-state index contributed by atoms with van der Waals surface area (Å²) < 4.78 is 4.69. The minimum atomic E-state index is -0.586. The van der Waals surface area contributed by atoms with Crippen molar-refractivity contribution < 1.29 is 19.1 Å². The van der Waals surface area contributed by atoms with Gasteiger partial charge in [0.25, 0.3) is 0 Å². The molecule has 6 heteroatoms. The fourth-order valence-corrected chi connectivity index (χ4v) is 2.45. The Morgan fingerprint density at radius 1 is 1.04 bits per heavy atom. The summed E-state index contributed by atoms with van der Waals surface area (Å²) in [7, 11) is 2.56. The molecule has 1 atom stereocenters. The van der Waals surface area contributed by atoms with E-state index in [1.165, 1.54) is 0 Å². The van der Waals surface area contributed by atoms with Crippen LogP contribution in [0.5, 0.6) is 0 Å². The molecular weight excluding hydrogens is 373 g/mol. The number of carbonyl (C=O) groups excluding carboxylic acids is 3. The molecule has 0 radical (unpaired) electrons. The van der Waals surface area contributed by atoms with E-state index >= 15 is 0 Å². The Balaban J connectivity index is 0.000000416. The number of benzene rings is 1. The molecule has 1 fully saturated rings. The van der Waals surface area contributed by atoms with Crippen molar-refractivity contribution in [1.29, 1.82) is 0 Å². The molecule has 0 N–H and O–H groups in total. The van der Waals surface area contributed by atoms with E-state index in [1.54, 1.807) is 24.3 Å². The molecule has 5 nitrogen and oxygen atoms in total. The van der Waals surface area contributed by atoms with Crippen molar-refractivity contribution in [2.24, 2.45) is 0 Å². The zero-order valence-electron chi connectivity index (χ0n) is 15.9. The number of carbonyl (C=O) groups is 3. The lowest BCUT2D eigenvalue weighted by Gasteiger charge is -2.09. The van der Waals surface area contributed by atoms with Crippen molar-refractivity contribution in [2.75, 3.05) is 13.2 Å². The molecule has 2 rings (SSSR count). The number of Topliss-reactive ketones (excluding diaryl/α,β-unsaturated/α-hetero) is 1. The van der Waals surface area contributed by atoms with Gasteiger partial charge in [-0.15, -0.1) is 9.24 Å². The summed E-state index contributed by atoms with van der Waals surface area (Å²) >= 11 is 0. The third-order valence-corrected chi connectivity index (χ3v) is 4.08. The smallest absolute Gasteiger partial charge is 0.416 e. The number of ether oxygens (including phenoxy) is 1. The highest BCUT2D eigenvalue weighted by Crippen LogP contribution is 2.11. The standard InChI is InChI=1S/C14H16NO4P.C8H10/c16-12(10-4-6-11(20)7-5-10)2-1-3-13(17)15-8-9-19-14(15)18;1-3-5-7-8-6-4-2/h4-7H,1-3,8-9,20H2;3-8H,1-2H2/b;7-5-,8-6-. The molecular formula is C22H26NO4P. The minimum Gasteiger partial charge on any atom is -0.447 e. The molecule has 148 valence electrons. The van der Waals surface area contributed by atoms with E-state index in [4.69, 9.17) is 4.74 Å². The molecule has 0 saturated carbocycles. The van der Waals surface area contributed by atoms with Gasteiger partial charge in [-0.25, -0.2) is 9.69 Å². The number of rotatable bonds is 8. The zero-order chi connectivity index (χ0) is 20.8. The van der Waals surface area contributed by atoms with Crippen molar-refractivity contribution in [3.05, 3.63) is 79.4 Å². The topological polar surface area (TPSA) is 63.7 Å². The van der Waals surface area contributed by atoms with Crippen molar-refractivity contribution in [1.82, 2.24) is 4.90 Å². The second-order valence-electron chi connectivity index (χ2n) is 5.80. The lowest BCUT2D eigenvalue weighted by Crippen LogP contribution is -2.31. The second-order valence-corrected chi connectivity index (χ2v) is 6.47. The average Bonchev–Trinajstić information content (AvgIpc) is 3.12. The highest BCUT2D eigenvalue weighted by molar-refractivity contribution is 7.27. The van der Waals surface area contributed by atoms with Crippen LogP contribution >= 0.6 is 9.24 Å². The third kappa shape index (κ3) is 8.74. The lowest BCUT2D eigenvalue weighted by atomic mass is 10.1. The first-order chi connectivity index (χ1) is 13.5. The predicted molar refractivity (Wildman–Crippen MR) is 116 cm³/mol. The first kappa shape index (κ1) is 23.3. The van der Waals surface area contributed by atoms with Crippen molar-refractivity contribution >= 4 is 32.3 Å². The van der Waals surface area contributed by atoms with Crippen LogP contribution in [0.1, 0.15) is 29.6 Å². The van der Waals surface area contributed by atoms with Gasteiger partial charge in [-0.2, -0.15) is 0 Å². The van der Waals surface area contributed by atoms with Gasteiger partial charge in [0, 0.05) is 18.4 Å². The first-order valence-electron chi connectivity index (χ1n) is 8.92. The first-order valence-corrected chi connectivity index (χ1v) is 9.50. The van der Waals surface area contributed by atoms with Gasteiger partial charge < -0.3 is 4.74 Å². The number of hydrogen-bond donors (Lipinski definition) is 0. The van der Waals surface area contributed by atoms with Crippen LogP contribution in [0, 0.1) is 0 Å². The highest BCUT2D eigenvalue weighted by Gasteiger charge is 2.27. The summed E-state index contributed by atoms with van der Waals surface area (Å²) in [6.45, 7) is 7.59. The van der Waals surface area contributed by atoms with Gasteiger partial charge in [0.15, 0.2) is 5.78 Å². The zero-order valence-corrected chi connectivity index (χ0v) is 17.0. The fraction of sp³-hybridized carbons (Fsp3) is 0.227. The van der Waals surface area contributed by atoms with Crippen LogP contribution in [0.15, 0.2) is 73.9 Å². The van der Waals surface area contributed by atoms with Gasteiger partial charge >= 0.3 is 6.09 Å². The van der Waals surface area contributed by atoms with Gasteiger partial charge in [0.2, 0.25) is 5.91 Å². The Morgan fingerprint density at radius 2 is 1.64 bits per heavy atom. The number of imide groups is 1. The Morgan fingerprint density at radius 3 is 2.14 bits per heavy atom. The molecule has 1 aliphatic rings. The molecule has 0 spiro atoms. The maximum Gasteiger partial charge on any atom is 0.416 e. The monoisotopic (exact) mass is 399 g/mol. The molecule has 0 bridgehead atoms. The maximum absolute atomic E-state index is 11.9. The van der Waals surface area contributed by atoms with Crippen LogP contribution < -0.4 is 5.30 Å². The fourth-order valence-electron chi connectivity index (χ4n) is 2.25. The largest absolute Gasteiger partial charge is 0.447 e. The van der Waals surface area contributed by atoms with Crippen molar-refractivity contribution in [3.8, 4) is 0 Å². The molecule has 1 aliphatic heterocycles. The van der Waals surface area contributed by atoms with E-state index in [2.05, 4.69) is 22.4 Å². The second kappa shape index (κ2) is 13.4. The van der Waals surface area contributed by atoms with E-state index in [1.807, 2.05) is 36.4 Å². The maximum atomic E-state index is 11.9. The highest BCUT2D eigenvalue weighted by atomic mass is 31.0. The lowest BCUT2D eigenvalue weighted by molar-refractivity contribution is -0.127. The van der Waals surface area contributed by atoms with Gasteiger partial charge in [0.05, 0.1) is 6.54 Å². The Labute approximate surface area is 168 Å². The SMILES string of the molecule is C=C/C=C\C=C/C=C.O=C(CCCC(=O)N1CCOC1=O)c1ccc(P)cc1. The Kier molecular flexibility index (Phi) is 11.1. The van der Waals surface area contributed by atoms with Gasteiger partial charge in [-0.1, -0.05) is 73.9 Å². The summed E-state index contributed by atoms with van der Waals surface area (Å²) in [5.41, 5.74) is 0.643. The normalized spacial score (nSPS) is 13.2. The van der Waals surface area contributed by atoms with Crippen LogP contribution in [0.25, 0.3) is 0 Å². The van der Waals surface area contributed by atoms with E-state index in [-0.39, 0.29) is 24.7 Å². The quantitative estimate of drug-likeness (QED) is 0.377. The van der Waals surface area contributed by atoms with Gasteiger partial charge in [-0.3, -0.25) is 9.59 Å². The molecule has 1 heterocycles. The third-order valence-electron chi connectivity index (χ3n) is 3.69. The number of amides is 2. The molecule has 1 aromatic rings. The van der Waals surface area contributed by atoms with Crippen LogP contribution in [0.2, 0.25) is 0 Å². The van der Waals surface area contributed by atoms with Crippen LogP contribution in [0.4, 0.5) is 4.79 Å².